The van der Waals surface area contributed by atoms with Crippen molar-refractivity contribution < 1.29 is 4.39 Å². The molecular formula is C9H8BrFN2. The minimum absolute atomic E-state index is 0.491. The number of aromatic nitrogens is 2. The van der Waals surface area contributed by atoms with Crippen LogP contribution in [0.1, 0.15) is 5.69 Å². The summed E-state index contributed by atoms with van der Waals surface area (Å²) >= 11 is 3.38. The van der Waals surface area contributed by atoms with Gasteiger partial charge in [0.15, 0.2) is 0 Å². The van der Waals surface area contributed by atoms with E-state index in [1.54, 1.807) is 4.68 Å². The smallest absolute Gasteiger partial charge is 0.134 e. The minimum atomic E-state index is -0.528. The lowest BCUT2D eigenvalue weighted by Crippen LogP contribution is -1.89. The fourth-order valence-electron chi connectivity index (χ4n) is 1.45. The van der Waals surface area contributed by atoms with E-state index in [2.05, 4.69) is 21.0 Å². The summed E-state index contributed by atoms with van der Waals surface area (Å²) in [4.78, 5) is 0. The average Bonchev–Trinajstić information content (AvgIpc) is 2.45. The normalized spacial score (nSPS) is 11.0. The Balaban J connectivity index is 2.89. The lowest BCUT2D eigenvalue weighted by Gasteiger charge is -1.94. The number of fused-ring (bicyclic) bond motifs is 1. The van der Waals surface area contributed by atoms with E-state index in [0.29, 0.717) is 5.69 Å². The lowest BCUT2D eigenvalue weighted by atomic mass is 10.2. The molecule has 0 bridgehead atoms. The van der Waals surface area contributed by atoms with Gasteiger partial charge in [-0.3, -0.25) is 4.68 Å². The lowest BCUT2D eigenvalue weighted by molar-refractivity contribution is 0.473. The predicted molar refractivity (Wildman–Crippen MR) is 53.2 cm³/mol. The Morgan fingerprint density at radius 1 is 1.54 bits per heavy atom. The van der Waals surface area contributed by atoms with E-state index in [4.69, 9.17) is 0 Å². The minimum Gasteiger partial charge on any atom is -0.268 e. The molecule has 0 aliphatic carbocycles. The van der Waals surface area contributed by atoms with Crippen LogP contribution in [0.2, 0.25) is 0 Å². The van der Waals surface area contributed by atoms with Crippen molar-refractivity contribution in [3.63, 3.8) is 0 Å². The van der Waals surface area contributed by atoms with Crippen LogP contribution in [0.4, 0.5) is 4.39 Å². The second kappa shape index (κ2) is 3.10. The monoisotopic (exact) mass is 242 g/mol. The first-order valence-corrected chi connectivity index (χ1v) is 4.69. The first-order chi connectivity index (χ1) is 6.24. The Bertz CT molecular complexity index is 450. The number of nitrogens with zero attached hydrogens (tertiary/aromatic N) is 2. The van der Waals surface area contributed by atoms with Crippen LogP contribution < -0.4 is 0 Å². The number of benzene rings is 1. The molecule has 0 spiro atoms. The average molecular weight is 243 g/mol. The summed E-state index contributed by atoms with van der Waals surface area (Å²) in [6.07, 6.45) is 0. The molecule has 2 aromatic rings. The fourth-order valence-corrected chi connectivity index (χ4v) is 2.03. The zero-order valence-corrected chi connectivity index (χ0v) is 8.68. The summed E-state index contributed by atoms with van der Waals surface area (Å²) < 4.78 is 15.1. The summed E-state index contributed by atoms with van der Waals surface area (Å²) in [6.45, 7) is -0.528. The molecule has 4 heteroatoms. The highest BCUT2D eigenvalue weighted by Crippen LogP contribution is 2.26. The number of rotatable bonds is 1. The van der Waals surface area contributed by atoms with Crippen LogP contribution in [0.25, 0.3) is 10.9 Å². The third-order valence-corrected chi connectivity index (χ3v) is 2.69. The summed E-state index contributed by atoms with van der Waals surface area (Å²) in [5.74, 6) is 0. The van der Waals surface area contributed by atoms with E-state index >= 15 is 0 Å². The molecule has 0 N–H and O–H groups in total. The SMILES string of the molecule is Cn1nc(CF)c2c(Br)cccc21. The third-order valence-electron chi connectivity index (χ3n) is 2.03. The zero-order valence-electron chi connectivity index (χ0n) is 7.09. The number of hydrogen-bond donors (Lipinski definition) is 0. The van der Waals surface area contributed by atoms with Gasteiger partial charge in [0.25, 0.3) is 0 Å². The Hall–Kier alpha value is -0.900. The maximum Gasteiger partial charge on any atom is 0.134 e. The van der Waals surface area contributed by atoms with Gasteiger partial charge in [0.2, 0.25) is 0 Å². The molecule has 2 rings (SSSR count). The van der Waals surface area contributed by atoms with E-state index in [1.807, 2.05) is 25.2 Å². The molecule has 68 valence electrons. The first kappa shape index (κ1) is 8.69. The predicted octanol–water partition coefficient (Wildman–Crippen LogP) is 2.81. The molecule has 2 nitrogen and oxygen atoms in total. The molecule has 0 aliphatic heterocycles. The summed E-state index contributed by atoms with van der Waals surface area (Å²) in [7, 11) is 1.81. The maximum atomic E-state index is 12.6. The highest BCUT2D eigenvalue weighted by molar-refractivity contribution is 9.10. The van der Waals surface area contributed by atoms with Gasteiger partial charge in [-0.1, -0.05) is 22.0 Å². The number of aryl methyl sites for hydroxylation is 1. The topological polar surface area (TPSA) is 17.8 Å². The molecule has 0 fully saturated rings. The Morgan fingerprint density at radius 3 is 3.00 bits per heavy atom. The summed E-state index contributed by atoms with van der Waals surface area (Å²) in [5.41, 5.74) is 1.44. The van der Waals surface area contributed by atoms with Crippen molar-refractivity contribution in [2.24, 2.45) is 7.05 Å². The number of halogens is 2. The van der Waals surface area contributed by atoms with Crippen molar-refractivity contribution in [1.82, 2.24) is 9.78 Å². The fraction of sp³-hybridized carbons (Fsp3) is 0.222. The van der Waals surface area contributed by atoms with Gasteiger partial charge in [0.1, 0.15) is 12.4 Å². The Morgan fingerprint density at radius 2 is 2.31 bits per heavy atom. The molecule has 0 saturated carbocycles. The largest absolute Gasteiger partial charge is 0.268 e. The molecule has 0 atom stereocenters. The van der Waals surface area contributed by atoms with Crippen LogP contribution in [0.5, 0.6) is 0 Å². The summed E-state index contributed by atoms with van der Waals surface area (Å²) in [5, 5.41) is 4.95. The van der Waals surface area contributed by atoms with Crippen LogP contribution in [-0.4, -0.2) is 9.78 Å². The van der Waals surface area contributed by atoms with Gasteiger partial charge < -0.3 is 0 Å². The molecule has 0 amide bonds. The molecule has 1 aromatic heterocycles. The van der Waals surface area contributed by atoms with Crippen molar-refractivity contribution in [3.05, 3.63) is 28.4 Å². The van der Waals surface area contributed by atoms with Crippen molar-refractivity contribution >= 4 is 26.8 Å². The van der Waals surface area contributed by atoms with E-state index in [0.717, 1.165) is 15.4 Å². The molecule has 1 heterocycles. The summed E-state index contributed by atoms with van der Waals surface area (Å²) in [6, 6.07) is 5.73. The van der Waals surface area contributed by atoms with Gasteiger partial charge in [-0.05, 0) is 12.1 Å². The Kier molecular flexibility index (Phi) is 2.07. The van der Waals surface area contributed by atoms with Crippen molar-refractivity contribution in [2.45, 2.75) is 6.67 Å². The molecule has 0 unspecified atom stereocenters. The van der Waals surface area contributed by atoms with Crippen LogP contribution in [0.15, 0.2) is 22.7 Å². The van der Waals surface area contributed by atoms with Gasteiger partial charge in [-0.15, -0.1) is 0 Å². The highest BCUT2D eigenvalue weighted by Gasteiger charge is 2.10. The molecule has 1 aromatic carbocycles. The zero-order chi connectivity index (χ0) is 9.42. The van der Waals surface area contributed by atoms with E-state index in [9.17, 15) is 4.39 Å². The van der Waals surface area contributed by atoms with Gasteiger partial charge in [0, 0.05) is 16.9 Å². The van der Waals surface area contributed by atoms with Crippen molar-refractivity contribution in [2.75, 3.05) is 0 Å². The van der Waals surface area contributed by atoms with Crippen molar-refractivity contribution in [3.8, 4) is 0 Å². The first-order valence-electron chi connectivity index (χ1n) is 3.90. The quantitative estimate of drug-likeness (QED) is 0.752. The van der Waals surface area contributed by atoms with Crippen molar-refractivity contribution in [1.29, 1.82) is 0 Å². The molecular weight excluding hydrogens is 235 g/mol. The second-order valence-corrected chi connectivity index (χ2v) is 3.69. The van der Waals surface area contributed by atoms with Gasteiger partial charge in [-0.25, -0.2) is 4.39 Å². The molecule has 13 heavy (non-hydrogen) atoms. The molecule has 0 saturated heterocycles. The van der Waals surface area contributed by atoms with E-state index in [1.165, 1.54) is 0 Å². The Labute approximate surface area is 83.5 Å². The van der Waals surface area contributed by atoms with Gasteiger partial charge in [-0.2, -0.15) is 5.10 Å². The van der Waals surface area contributed by atoms with Gasteiger partial charge >= 0.3 is 0 Å². The third kappa shape index (κ3) is 1.25. The van der Waals surface area contributed by atoms with Crippen LogP contribution >= 0.6 is 15.9 Å². The van der Waals surface area contributed by atoms with E-state index < -0.39 is 6.67 Å². The highest BCUT2D eigenvalue weighted by atomic mass is 79.9. The van der Waals surface area contributed by atoms with Gasteiger partial charge in [0.05, 0.1) is 5.52 Å². The molecule has 0 radical (unpaired) electrons. The maximum absolute atomic E-state index is 12.6. The van der Waals surface area contributed by atoms with Crippen LogP contribution in [0.3, 0.4) is 0 Å². The number of hydrogen-bond acceptors (Lipinski definition) is 1. The second-order valence-electron chi connectivity index (χ2n) is 2.84. The molecule has 0 aliphatic rings. The van der Waals surface area contributed by atoms with Crippen LogP contribution in [0, 0.1) is 0 Å². The van der Waals surface area contributed by atoms with E-state index in [-0.39, 0.29) is 0 Å². The standard InChI is InChI=1S/C9H8BrFN2/c1-13-8-4-2-3-6(10)9(8)7(5-11)12-13/h2-4H,5H2,1H3. The number of alkyl halides is 1. The van der Waals surface area contributed by atoms with Crippen LogP contribution in [-0.2, 0) is 13.7 Å².